The number of rotatable bonds is 3. The highest BCUT2D eigenvalue weighted by Crippen LogP contribution is 2.29. The zero-order chi connectivity index (χ0) is 15.0. The van der Waals surface area contributed by atoms with Crippen molar-refractivity contribution in [1.29, 1.82) is 5.26 Å². The molecule has 0 bridgehead atoms. The molecule has 0 saturated carbocycles. The molecule has 0 aliphatic rings. The minimum absolute atomic E-state index is 0.143. The minimum atomic E-state index is -1.23. The molecule has 0 aliphatic heterocycles. The van der Waals surface area contributed by atoms with Crippen LogP contribution in [0.5, 0.6) is 11.6 Å². The molecule has 0 atom stereocenters. The predicted octanol–water partition coefficient (Wildman–Crippen LogP) is 2.90. The fourth-order valence-corrected chi connectivity index (χ4v) is 2.49. The Morgan fingerprint density at radius 1 is 1.52 bits per heavy atom. The highest BCUT2D eigenvalue weighted by Gasteiger charge is 2.22. The number of carbonyl (C=O) groups is 1. The molecular formula is C13H6FN3O3S. The van der Waals surface area contributed by atoms with Crippen LogP contribution in [0, 0.1) is 17.1 Å². The van der Waals surface area contributed by atoms with Gasteiger partial charge in [-0.25, -0.2) is 9.18 Å². The average molecular weight is 303 g/mol. The summed E-state index contributed by atoms with van der Waals surface area (Å²) in [6.07, 6.45) is 1.54. The maximum absolute atomic E-state index is 13.8. The van der Waals surface area contributed by atoms with Crippen molar-refractivity contribution >= 4 is 22.3 Å². The first kappa shape index (κ1) is 13.1. The fourth-order valence-electron chi connectivity index (χ4n) is 1.79. The predicted molar refractivity (Wildman–Crippen MR) is 71.2 cm³/mol. The molecule has 3 rings (SSSR count). The number of aromatic nitrogens is 2. The summed E-state index contributed by atoms with van der Waals surface area (Å²) in [6.45, 7) is 0. The van der Waals surface area contributed by atoms with Gasteiger partial charge in [0.25, 0.3) is 5.88 Å². The maximum Gasteiger partial charge on any atom is 0.358 e. The monoisotopic (exact) mass is 303 g/mol. The first-order valence-corrected chi connectivity index (χ1v) is 6.54. The first-order chi connectivity index (χ1) is 10.1. The Morgan fingerprint density at radius 2 is 2.33 bits per heavy atom. The van der Waals surface area contributed by atoms with Gasteiger partial charge in [-0.1, -0.05) is 0 Å². The van der Waals surface area contributed by atoms with E-state index in [0.717, 1.165) is 6.07 Å². The highest BCUT2D eigenvalue weighted by molar-refractivity contribution is 7.15. The molecule has 0 aliphatic carbocycles. The fraction of sp³-hybridized carbons (Fsp3) is 0. The van der Waals surface area contributed by atoms with E-state index in [1.54, 1.807) is 17.6 Å². The van der Waals surface area contributed by atoms with E-state index >= 15 is 0 Å². The van der Waals surface area contributed by atoms with E-state index in [9.17, 15) is 14.3 Å². The normalized spacial score (nSPS) is 10.5. The number of benzene rings is 1. The number of nitrogens with zero attached hydrogens (tertiary/aromatic N) is 3. The lowest BCUT2D eigenvalue weighted by atomic mass is 10.2. The molecule has 1 aromatic carbocycles. The summed E-state index contributed by atoms with van der Waals surface area (Å²) >= 11 is 1.23. The third kappa shape index (κ3) is 2.19. The molecule has 0 radical (unpaired) electrons. The van der Waals surface area contributed by atoms with Gasteiger partial charge in [-0.3, -0.25) is 4.40 Å². The Bertz CT molecular complexity index is 894. The van der Waals surface area contributed by atoms with Crippen molar-refractivity contribution < 1.29 is 19.0 Å². The summed E-state index contributed by atoms with van der Waals surface area (Å²) in [7, 11) is 0. The van der Waals surface area contributed by atoms with E-state index in [0.29, 0.717) is 4.96 Å². The zero-order valence-corrected chi connectivity index (χ0v) is 11.1. The molecule has 0 unspecified atom stereocenters. The summed E-state index contributed by atoms with van der Waals surface area (Å²) in [5.74, 6) is -2.38. The van der Waals surface area contributed by atoms with Gasteiger partial charge in [-0.15, -0.1) is 11.3 Å². The Hall–Kier alpha value is -2.92. The number of halogens is 1. The molecule has 2 heterocycles. The molecule has 21 heavy (non-hydrogen) atoms. The molecule has 104 valence electrons. The van der Waals surface area contributed by atoms with Crippen molar-refractivity contribution in [3.63, 3.8) is 0 Å². The Kier molecular flexibility index (Phi) is 3.04. The van der Waals surface area contributed by atoms with E-state index < -0.39 is 11.8 Å². The van der Waals surface area contributed by atoms with Crippen LogP contribution in [0.4, 0.5) is 4.39 Å². The van der Waals surface area contributed by atoms with E-state index in [1.165, 1.54) is 27.9 Å². The topological polar surface area (TPSA) is 87.6 Å². The second-order valence-electron chi connectivity index (χ2n) is 3.99. The van der Waals surface area contributed by atoms with Gasteiger partial charge in [0.1, 0.15) is 0 Å². The van der Waals surface area contributed by atoms with Gasteiger partial charge < -0.3 is 9.84 Å². The van der Waals surface area contributed by atoms with Gasteiger partial charge in [0.05, 0.1) is 11.6 Å². The van der Waals surface area contributed by atoms with Crippen molar-refractivity contribution in [3.8, 4) is 17.7 Å². The van der Waals surface area contributed by atoms with Crippen molar-refractivity contribution in [2.24, 2.45) is 0 Å². The first-order valence-electron chi connectivity index (χ1n) is 5.66. The number of imidazole rings is 1. The molecular weight excluding hydrogens is 297 g/mol. The van der Waals surface area contributed by atoms with Crippen LogP contribution in [0.2, 0.25) is 0 Å². The van der Waals surface area contributed by atoms with Crippen LogP contribution >= 0.6 is 11.3 Å². The molecule has 0 saturated heterocycles. The van der Waals surface area contributed by atoms with Gasteiger partial charge in [-0.05, 0) is 18.2 Å². The second kappa shape index (κ2) is 4.88. The Balaban J connectivity index is 2.06. The number of aromatic carboxylic acids is 1. The van der Waals surface area contributed by atoms with Crippen molar-refractivity contribution in [1.82, 2.24) is 9.38 Å². The van der Waals surface area contributed by atoms with E-state index in [1.807, 2.05) is 0 Å². The van der Waals surface area contributed by atoms with E-state index in [4.69, 9.17) is 10.00 Å². The summed E-state index contributed by atoms with van der Waals surface area (Å²) in [5, 5.41) is 19.6. The van der Waals surface area contributed by atoms with Crippen molar-refractivity contribution in [3.05, 3.63) is 46.9 Å². The Labute approximate surface area is 121 Å². The van der Waals surface area contributed by atoms with Gasteiger partial charge in [0.15, 0.2) is 22.2 Å². The maximum atomic E-state index is 13.8. The summed E-state index contributed by atoms with van der Waals surface area (Å²) in [6, 6.07) is 5.44. The summed E-state index contributed by atoms with van der Waals surface area (Å²) in [5.41, 5.74) is -0.0425. The lowest BCUT2D eigenvalue weighted by Crippen LogP contribution is -2.03. The molecule has 0 spiro atoms. The quantitative estimate of drug-likeness (QED) is 0.803. The molecule has 3 aromatic rings. The third-order valence-electron chi connectivity index (χ3n) is 2.70. The molecule has 0 amide bonds. The van der Waals surface area contributed by atoms with Crippen LogP contribution < -0.4 is 4.74 Å². The second-order valence-corrected chi connectivity index (χ2v) is 4.86. The lowest BCUT2D eigenvalue weighted by Gasteiger charge is -2.05. The van der Waals surface area contributed by atoms with Crippen LogP contribution in [-0.4, -0.2) is 20.5 Å². The van der Waals surface area contributed by atoms with E-state index in [-0.39, 0.29) is 22.9 Å². The van der Waals surface area contributed by atoms with Gasteiger partial charge >= 0.3 is 5.97 Å². The molecule has 2 aromatic heterocycles. The third-order valence-corrected chi connectivity index (χ3v) is 3.46. The number of ether oxygens (including phenoxy) is 1. The number of carboxylic acids is 1. The number of fused-ring (bicyclic) bond motifs is 1. The van der Waals surface area contributed by atoms with Crippen LogP contribution in [0.1, 0.15) is 16.1 Å². The zero-order valence-electron chi connectivity index (χ0n) is 10.3. The van der Waals surface area contributed by atoms with E-state index in [2.05, 4.69) is 4.98 Å². The molecule has 1 N–H and O–H groups in total. The highest BCUT2D eigenvalue weighted by atomic mass is 32.1. The molecule has 6 nitrogen and oxygen atoms in total. The average Bonchev–Trinajstić information content (AvgIpc) is 3.00. The van der Waals surface area contributed by atoms with Crippen LogP contribution in [0.3, 0.4) is 0 Å². The number of thiazole rings is 1. The molecule has 8 heteroatoms. The largest absolute Gasteiger partial charge is 0.476 e. The summed E-state index contributed by atoms with van der Waals surface area (Å²) < 4.78 is 20.4. The van der Waals surface area contributed by atoms with Crippen LogP contribution in [0.25, 0.3) is 4.96 Å². The number of hydrogen-bond donors (Lipinski definition) is 1. The number of hydrogen-bond acceptors (Lipinski definition) is 5. The Morgan fingerprint density at radius 3 is 3.00 bits per heavy atom. The molecule has 0 fully saturated rings. The lowest BCUT2D eigenvalue weighted by molar-refractivity contribution is 0.0686. The number of carboxylic acid groups (broad SMARTS) is 1. The van der Waals surface area contributed by atoms with Crippen LogP contribution in [0.15, 0.2) is 29.8 Å². The van der Waals surface area contributed by atoms with Gasteiger partial charge in [0.2, 0.25) is 0 Å². The van der Waals surface area contributed by atoms with Crippen molar-refractivity contribution in [2.45, 2.75) is 0 Å². The SMILES string of the molecule is N#Cc1ccc(Oc2nc3sccn3c2C(=O)O)c(F)c1. The minimum Gasteiger partial charge on any atom is -0.476 e. The van der Waals surface area contributed by atoms with Crippen molar-refractivity contribution in [2.75, 3.05) is 0 Å². The number of nitriles is 1. The van der Waals surface area contributed by atoms with Gasteiger partial charge in [-0.2, -0.15) is 10.2 Å². The standard InChI is InChI=1S/C13H6FN3O3S/c14-8-5-7(6-15)1-2-9(8)20-11-10(12(18)19)17-3-4-21-13(17)16-11/h1-5H,(H,18,19). The van der Waals surface area contributed by atoms with Gasteiger partial charge in [0, 0.05) is 11.6 Å². The smallest absolute Gasteiger partial charge is 0.358 e. The van der Waals surface area contributed by atoms with Crippen LogP contribution in [-0.2, 0) is 0 Å². The summed E-state index contributed by atoms with van der Waals surface area (Å²) in [4.78, 5) is 15.7.